The molecule has 1 saturated carbocycles. The highest BCUT2D eigenvalue weighted by atomic mass is 32.2. The van der Waals surface area contributed by atoms with Gasteiger partial charge in [-0.05, 0) is 24.7 Å². The van der Waals surface area contributed by atoms with Crippen LogP contribution in [-0.4, -0.2) is 41.6 Å². The second-order valence-electron chi connectivity index (χ2n) is 6.22. The van der Waals surface area contributed by atoms with E-state index in [0.29, 0.717) is 11.0 Å². The zero-order valence-electron chi connectivity index (χ0n) is 10.8. The lowest BCUT2D eigenvalue weighted by atomic mass is 9.67. The number of hydrogen-bond donors (Lipinski definition) is 1. The van der Waals surface area contributed by atoms with Gasteiger partial charge in [-0.2, -0.15) is 11.8 Å². The molecule has 0 radical (unpaired) electrons. The molecule has 1 aliphatic carbocycles. The average molecular weight is 242 g/mol. The van der Waals surface area contributed by atoms with Crippen LogP contribution in [0.4, 0.5) is 0 Å². The molecule has 3 heteroatoms. The molecule has 2 fully saturated rings. The van der Waals surface area contributed by atoms with Crippen molar-refractivity contribution in [2.75, 3.05) is 31.1 Å². The van der Waals surface area contributed by atoms with Crippen molar-refractivity contribution in [3.8, 4) is 0 Å². The first-order valence-electron chi connectivity index (χ1n) is 6.61. The Balaban J connectivity index is 2.10. The minimum Gasteiger partial charge on any atom is -0.329 e. The molecular formula is C13H26N2S. The van der Waals surface area contributed by atoms with Crippen LogP contribution >= 0.6 is 11.8 Å². The molecule has 94 valence electrons. The van der Waals surface area contributed by atoms with Crippen molar-refractivity contribution < 1.29 is 0 Å². The van der Waals surface area contributed by atoms with Gasteiger partial charge in [0.1, 0.15) is 0 Å². The fourth-order valence-electron chi connectivity index (χ4n) is 3.57. The molecule has 0 aromatic rings. The van der Waals surface area contributed by atoms with Gasteiger partial charge in [-0.15, -0.1) is 0 Å². The van der Waals surface area contributed by atoms with Crippen molar-refractivity contribution in [3.05, 3.63) is 0 Å². The van der Waals surface area contributed by atoms with Crippen molar-refractivity contribution in [3.63, 3.8) is 0 Å². The SMILES string of the molecule is CC1(C)CCCC(CN)(N2CCSCC2)C1. The van der Waals surface area contributed by atoms with E-state index in [9.17, 15) is 0 Å². The lowest BCUT2D eigenvalue weighted by Gasteiger charge is -2.52. The summed E-state index contributed by atoms with van der Waals surface area (Å²) < 4.78 is 0. The van der Waals surface area contributed by atoms with E-state index in [1.165, 1.54) is 50.3 Å². The molecule has 2 N–H and O–H groups in total. The highest BCUT2D eigenvalue weighted by Gasteiger charge is 2.43. The minimum atomic E-state index is 0.322. The van der Waals surface area contributed by atoms with Gasteiger partial charge < -0.3 is 5.73 Å². The highest BCUT2D eigenvalue weighted by Crippen LogP contribution is 2.44. The Morgan fingerprint density at radius 1 is 1.19 bits per heavy atom. The predicted octanol–water partition coefficient (Wildman–Crippen LogP) is 2.33. The fourth-order valence-corrected chi connectivity index (χ4v) is 4.48. The maximum atomic E-state index is 6.14. The van der Waals surface area contributed by atoms with Gasteiger partial charge in [0.05, 0.1) is 0 Å². The molecule has 0 spiro atoms. The van der Waals surface area contributed by atoms with Crippen LogP contribution in [0.15, 0.2) is 0 Å². The topological polar surface area (TPSA) is 29.3 Å². The van der Waals surface area contributed by atoms with Crippen molar-refractivity contribution in [1.82, 2.24) is 4.90 Å². The lowest BCUT2D eigenvalue weighted by molar-refractivity contribution is 0.0164. The molecule has 2 rings (SSSR count). The Labute approximate surface area is 104 Å². The molecule has 0 aromatic heterocycles. The summed E-state index contributed by atoms with van der Waals surface area (Å²) in [6.45, 7) is 8.17. The van der Waals surface area contributed by atoms with Gasteiger partial charge in [-0.1, -0.05) is 20.3 Å². The van der Waals surface area contributed by atoms with Crippen molar-refractivity contribution in [1.29, 1.82) is 0 Å². The quantitative estimate of drug-likeness (QED) is 0.806. The smallest absolute Gasteiger partial charge is 0.0337 e. The van der Waals surface area contributed by atoms with Gasteiger partial charge in [0.15, 0.2) is 0 Å². The summed E-state index contributed by atoms with van der Waals surface area (Å²) in [6.07, 6.45) is 5.34. The number of nitrogens with zero attached hydrogens (tertiary/aromatic N) is 1. The highest BCUT2D eigenvalue weighted by molar-refractivity contribution is 7.99. The summed E-state index contributed by atoms with van der Waals surface area (Å²) in [5, 5.41) is 0. The van der Waals surface area contributed by atoms with Gasteiger partial charge in [0.25, 0.3) is 0 Å². The number of rotatable bonds is 2. The maximum Gasteiger partial charge on any atom is 0.0337 e. The van der Waals surface area contributed by atoms with Gasteiger partial charge in [-0.3, -0.25) is 4.90 Å². The Morgan fingerprint density at radius 3 is 2.44 bits per heavy atom. The normalized spacial score (nSPS) is 36.2. The third kappa shape index (κ3) is 2.57. The Morgan fingerprint density at radius 2 is 1.88 bits per heavy atom. The molecule has 2 nitrogen and oxygen atoms in total. The third-order valence-electron chi connectivity index (χ3n) is 4.37. The molecule has 0 aromatic carbocycles. The first kappa shape index (κ1) is 12.7. The van der Waals surface area contributed by atoms with Crippen LogP contribution < -0.4 is 5.73 Å². The van der Waals surface area contributed by atoms with E-state index < -0.39 is 0 Å². The molecule has 2 aliphatic rings. The summed E-state index contributed by atoms with van der Waals surface area (Å²) in [5.74, 6) is 2.59. The fraction of sp³-hybridized carbons (Fsp3) is 1.00. The van der Waals surface area contributed by atoms with Crippen LogP contribution in [0, 0.1) is 5.41 Å². The second kappa shape index (κ2) is 4.87. The molecule has 16 heavy (non-hydrogen) atoms. The molecule has 1 heterocycles. The van der Waals surface area contributed by atoms with E-state index in [4.69, 9.17) is 5.73 Å². The zero-order chi connectivity index (χ0) is 11.6. The summed E-state index contributed by atoms with van der Waals surface area (Å²) in [4.78, 5) is 2.70. The van der Waals surface area contributed by atoms with E-state index in [0.717, 1.165) is 6.54 Å². The van der Waals surface area contributed by atoms with Crippen LogP contribution in [0.2, 0.25) is 0 Å². The van der Waals surface area contributed by atoms with Crippen molar-refractivity contribution in [2.45, 2.75) is 45.1 Å². The summed E-state index contributed by atoms with van der Waals surface area (Å²) >= 11 is 2.09. The lowest BCUT2D eigenvalue weighted by Crippen LogP contribution is -2.59. The Kier molecular flexibility index (Phi) is 3.87. The van der Waals surface area contributed by atoms with Gasteiger partial charge in [0, 0.05) is 36.7 Å². The number of thioether (sulfide) groups is 1. The first-order valence-corrected chi connectivity index (χ1v) is 7.76. The maximum absolute atomic E-state index is 6.14. The van der Waals surface area contributed by atoms with Gasteiger partial charge in [0.2, 0.25) is 0 Å². The largest absolute Gasteiger partial charge is 0.329 e. The minimum absolute atomic E-state index is 0.322. The van der Waals surface area contributed by atoms with Crippen LogP contribution in [0.3, 0.4) is 0 Å². The van der Waals surface area contributed by atoms with Crippen molar-refractivity contribution >= 4 is 11.8 Å². The molecule has 1 atom stereocenters. The molecule has 1 aliphatic heterocycles. The van der Waals surface area contributed by atoms with Crippen molar-refractivity contribution in [2.24, 2.45) is 11.1 Å². The standard InChI is InChI=1S/C13H26N2S/c1-12(2)4-3-5-13(10-12,11-14)15-6-8-16-9-7-15/h3-11,14H2,1-2H3. The number of hydrogen-bond acceptors (Lipinski definition) is 3. The van der Waals surface area contributed by atoms with Crippen LogP contribution in [0.25, 0.3) is 0 Å². The molecule has 0 amide bonds. The molecule has 1 unspecified atom stereocenters. The Bertz CT molecular complexity index is 236. The Hall–Kier alpha value is 0.270. The summed E-state index contributed by atoms with van der Waals surface area (Å²) in [6, 6.07) is 0. The summed E-state index contributed by atoms with van der Waals surface area (Å²) in [7, 11) is 0. The van der Waals surface area contributed by atoms with Gasteiger partial charge >= 0.3 is 0 Å². The van der Waals surface area contributed by atoms with Gasteiger partial charge in [-0.25, -0.2) is 0 Å². The van der Waals surface area contributed by atoms with Crippen LogP contribution in [0.5, 0.6) is 0 Å². The predicted molar refractivity (Wildman–Crippen MR) is 72.9 cm³/mol. The zero-order valence-corrected chi connectivity index (χ0v) is 11.6. The third-order valence-corrected chi connectivity index (χ3v) is 5.31. The van der Waals surface area contributed by atoms with E-state index in [1.54, 1.807) is 0 Å². The molecule has 1 saturated heterocycles. The second-order valence-corrected chi connectivity index (χ2v) is 7.45. The van der Waals surface area contributed by atoms with Crippen LogP contribution in [-0.2, 0) is 0 Å². The molecular weight excluding hydrogens is 216 g/mol. The number of nitrogens with two attached hydrogens (primary N) is 1. The van der Waals surface area contributed by atoms with Crippen LogP contribution in [0.1, 0.15) is 39.5 Å². The van der Waals surface area contributed by atoms with E-state index in [2.05, 4.69) is 30.5 Å². The summed E-state index contributed by atoms with van der Waals surface area (Å²) in [5.41, 5.74) is 6.95. The van der Waals surface area contributed by atoms with E-state index in [1.807, 2.05) is 0 Å². The van der Waals surface area contributed by atoms with E-state index >= 15 is 0 Å². The molecule has 0 bridgehead atoms. The monoisotopic (exact) mass is 242 g/mol. The average Bonchev–Trinajstić information content (AvgIpc) is 2.29. The first-order chi connectivity index (χ1) is 7.58. The van der Waals surface area contributed by atoms with E-state index in [-0.39, 0.29) is 0 Å².